The van der Waals surface area contributed by atoms with Crippen LogP contribution in [0.25, 0.3) is 11.3 Å². The van der Waals surface area contributed by atoms with Gasteiger partial charge in [-0.3, -0.25) is 19.3 Å². The average Bonchev–Trinajstić information content (AvgIpc) is 3.29. The van der Waals surface area contributed by atoms with Crippen molar-refractivity contribution in [2.75, 3.05) is 5.32 Å². The number of thiazole rings is 1. The molecule has 31 heavy (non-hydrogen) atoms. The predicted molar refractivity (Wildman–Crippen MR) is 121 cm³/mol. The van der Waals surface area contributed by atoms with Crippen molar-refractivity contribution in [1.82, 2.24) is 9.88 Å². The lowest BCUT2D eigenvalue weighted by Gasteiger charge is -2.27. The number of rotatable bonds is 5. The molecule has 7 heteroatoms. The summed E-state index contributed by atoms with van der Waals surface area (Å²) in [4.78, 5) is 44.6. The van der Waals surface area contributed by atoms with E-state index >= 15 is 0 Å². The standard InChI is InChI=1S/C24H23N3O3S/c1-13(2)20(27-22(29)16-7-5-6-8-17(16)23(27)30)21(28)26-24-25-19(12-31-24)18-11-14(3)9-10-15(18)4/h5-13,20H,1-4H3,(H,25,26,28). The molecule has 1 atom stereocenters. The summed E-state index contributed by atoms with van der Waals surface area (Å²) in [5, 5.41) is 5.14. The molecule has 1 aliphatic heterocycles. The minimum Gasteiger partial charge on any atom is -0.300 e. The number of carbonyl (C=O) groups is 3. The van der Waals surface area contributed by atoms with Crippen molar-refractivity contribution in [3.05, 3.63) is 70.1 Å². The van der Waals surface area contributed by atoms with E-state index in [9.17, 15) is 14.4 Å². The number of hydrogen-bond donors (Lipinski definition) is 1. The Morgan fingerprint density at radius 3 is 2.26 bits per heavy atom. The first kappa shape index (κ1) is 20.9. The zero-order chi connectivity index (χ0) is 22.3. The number of anilines is 1. The number of nitrogens with one attached hydrogen (secondary N) is 1. The van der Waals surface area contributed by atoms with Gasteiger partial charge in [-0.05, 0) is 43.5 Å². The van der Waals surface area contributed by atoms with Crippen molar-refractivity contribution < 1.29 is 14.4 Å². The normalized spacial score (nSPS) is 14.2. The first-order valence-electron chi connectivity index (χ1n) is 10.1. The lowest BCUT2D eigenvalue weighted by molar-refractivity contribution is -0.121. The number of nitrogens with zero attached hydrogens (tertiary/aromatic N) is 2. The van der Waals surface area contributed by atoms with Crippen LogP contribution in [0.4, 0.5) is 5.13 Å². The van der Waals surface area contributed by atoms with Crippen molar-refractivity contribution in [2.45, 2.75) is 33.7 Å². The highest BCUT2D eigenvalue weighted by Gasteiger charge is 2.44. The number of carbonyl (C=O) groups excluding carboxylic acids is 3. The van der Waals surface area contributed by atoms with Crippen LogP contribution in [0.15, 0.2) is 47.8 Å². The molecule has 0 radical (unpaired) electrons. The van der Waals surface area contributed by atoms with Gasteiger partial charge in [0.2, 0.25) is 5.91 Å². The summed E-state index contributed by atoms with van der Waals surface area (Å²) in [5.74, 6) is -1.57. The molecule has 4 rings (SSSR count). The van der Waals surface area contributed by atoms with Crippen LogP contribution < -0.4 is 5.32 Å². The quantitative estimate of drug-likeness (QED) is 0.592. The van der Waals surface area contributed by atoms with Gasteiger partial charge in [0.1, 0.15) is 6.04 Å². The number of amides is 3. The molecule has 6 nitrogen and oxygen atoms in total. The summed E-state index contributed by atoms with van der Waals surface area (Å²) in [5.41, 5.74) is 4.68. The van der Waals surface area contributed by atoms with Crippen LogP contribution in [0.3, 0.4) is 0 Å². The van der Waals surface area contributed by atoms with E-state index in [2.05, 4.69) is 16.4 Å². The number of aromatic nitrogens is 1. The van der Waals surface area contributed by atoms with Gasteiger partial charge in [0, 0.05) is 10.9 Å². The van der Waals surface area contributed by atoms with Gasteiger partial charge in [-0.25, -0.2) is 4.98 Å². The van der Waals surface area contributed by atoms with Gasteiger partial charge in [0.25, 0.3) is 11.8 Å². The molecular weight excluding hydrogens is 410 g/mol. The summed E-state index contributed by atoms with van der Waals surface area (Å²) in [6.07, 6.45) is 0. The van der Waals surface area contributed by atoms with Crippen LogP contribution in [0.5, 0.6) is 0 Å². The fourth-order valence-electron chi connectivity index (χ4n) is 3.82. The lowest BCUT2D eigenvalue weighted by Crippen LogP contribution is -2.50. The van der Waals surface area contributed by atoms with Gasteiger partial charge < -0.3 is 5.32 Å². The van der Waals surface area contributed by atoms with Crippen LogP contribution in [-0.2, 0) is 4.79 Å². The SMILES string of the molecule is Cc1ccc(C)c(-c2csc(NC(=O)C(C(C)C)N3C(=O)c4ccccc4C3=O)n2)c1. The third-order valence-corrected chi connectivity index (χ3v) is 6.16. The van der Waals surface area contributed by atoms with Gasteiger partial charge >= 0.3 is 0 Å². The number of benzene rings is 2. The summed E-state index contributed by atoms with van der Waals surface area (Å²) < 4.78 is 0. The van der Waals surface area contributed by atoms with E-state index < -0.39 is 23.8 Å². The van der Waals surface area contributed by atoms with Crippen molar-refractivity contribution >= 4 is 34.2 Å². The molecule has 0 bridgehead atoms. The Morgan fingerprint density at radius 2 is 1.65 bits per heavy atom. The Labute approximate surface area is 184 Å². The monoisotopic (exact) mass is 433 g/mol. The topological polar surface area (TPSA) is 79.4 Å². The smallest absolute Gasteiger partial charge is 0.262 e. The predicted octanol–water partition coefficient (Wildman–Crippen LogP) is 4.69. The zero-order valence-electron chi connectivity index (χ0n) is 17.8. The molecule has 158 valence electrons. The molecule has 2 aromatic carbocycles. The summed E-state index contributed by atoms with van der Waals surface area (Å²) in [6, 6.07) is 11.9. The van der Waals surface area contributed by atoms with Crippen molar-refractivity contribution in [1.29, 1.82) is 0 Å². The molecule has 0 saturated heterocycles. The Hall–Kier alpha value is -3.32. The molecule has 3 amide bonds. The molecule has 2 heterocycles. The van der Waals surface area contributed by atoms with Crippen LogP contribution >= 0.6 is 11.3 Å². The van der Waals surface area contributed by atoms with E-state index in [4.69, 9.17) is 0 Å². The van der Waals surface area contributed by atoms with Crippen molar-refractivity contribution in [3.63, 3.8) is 0 Å². The number of imide groups is 1. The maximum atomic E-state index is 13.2. The second kappa shape index (κ2) is 8.07. The highest BCUT2D eigenvalue weighted by atomic mass is 32.1. The molecule has 1 unspecified atom stereocenters. The Bertz CT molecular complexity index is 1160. The van der Waals surface area contributed by atoms with Crippen LogP contribution in [-0.4, -0.2) is 33.6 Å². The van der Waals surface area contributed by atoms with Gasteiger partial charge in [-0.2, -0.15) is 0 Å². The highest BCUT2D eigenvalue weighted by molar-refractivity contribution is 7.14. The number of hydrogen-bond acceptors (Lipinski definition) is 5. The minimum atomic E-state index is -0.930. The van der Waals surface area contributed by atoms with E-state index in [-0.39, 0.29) is 5.92 Å². The van der Waals surface area contributed by atoms with Gasteiger partial charge in [-0.15, -0.1) is 11.3 Å². The van der Waals surface area contributed by atoms with Gasteiger partial charge in [0.05, 0.1) is 16.8 Å². The van der Waals surface area contributed by atoms with Crippen LogP contribution in [0, 0.1) is 19.8 Å². The number of fused-ring (bicyclic) bond motifs is 1. The van der Waals surface area contributed by atoms with E-state index in [1.165, 1.54) is 11.3 Å². The Balaban J connectivity index is 1.59. The van der Waals surface area contributed by atoms with E-state index in [0.29, 0.717) is 16.3 Å². The largest absolute Gasteiger partial charge is 0.300 e. The maximum absolute atomic E-state index is 13.2. The third kappa shape index (κ3) is 3.77. The van der Waals surface area contributed by atoms with Gasteiger partial charge in [-0.1, -0.05) is 43.7 Å². The minimum absolute atomic E-state index is 0.263. The first-order valence-corrected chi connectivity index (χ1v) is 11.0. The molecule has 1 N–H and O–H groups in total. The molecule has 0 spiro atoms. The van der Waals surface area contributed by atoms with Crippen molar-refractivity contribution in [3.8, 4) is 11.3 Å². The van der Waals surface area contributed by atoms with Gasteiger partial charge in [0.15, 0.2) is 5.13 Å². The molecule has 3 aromatic rings. The molecule has 1 aliphatic rings. The fraction of sp³-hybridized carbons (Fsp3) is 0.250. The Morgan fingerprint density at radius 1 is 1.00 bits per heavy atom. The van der Waals surface area contributed by atoms with E-state index in [0.717, 1.165) is 27.3 Å². The highest BCUT2D eigenvalue weighted by Crippen LogP contribution is 2.30. The Kier molecular flexibility index (Phi) is 5.45. The summed E-state index contributed by atoms with van der Waals surface area (Å²) in [6.45, 7) is 7.67. The zero-order valence-corrected chi connectivity index (χ0v) is 18.6. The van der Waals surface area contributed by atoms with Crippen LogP contribution in [0.1, 0.15) is 45.7 Å². The third-order valence-electron chi connectivity index (χ3n) is 5.41. The number of aryl methyl sites for hydroxylation is 2. The molecule has 1 aromatic heterocycles. The molecule has 0 fully saturated rings. The lowest BCUT2D eigenvalue weighted by atomic mass is 10.0. The molecular formula is C24H23N3O3S. The maximum Gasteiger partial charge on any atom is 0.262 e. The summed E-state index contributed by atoms with van der Waals surface area (Å²) in [7, 11) is 0. The molecule has 0 aliphatic carbocycles. The first-order chi connectivity index (χ1) is 14.8. The van der Waals surface area contributed by atoms with Crippen LogP contribution in [0.2, 0.25) is 0 Å². The fourth-order valence-corrected chi connectivity index (χ4v) is 4.54. The average molecular weight is 434 g/mol. The van der Waals surface area contributed by atoms with Crippen molar-refractivity contribution in [2.24, 2.45) is 5.92 Å². The molecule has 0 saturated carbocycles. The van der Waals surface area contributed by atoms with E-state index in [1.54, 1.807) is 24.3 Å². The van der Waals surface area contributed by atoms with E-state index in [1.807, 2.05) is 45.2 Å². The second-order valence-corrected chi connectivity index (χ2v) is 8.92. The summed E-state index contributed by atoms with van der Waals surface area (Å²) >= 11 is 1.32. The second-order valence-electron chi connectivity index (χ2n) is 8.06.